The van der Waals surface area contributed by atoms with Gasteiger partial charge in [0.25, 0.3) is 0 Å². The van der Waals surface area contributed by atoms with E-state index in [1.807, 2.05) is 0 Å². The third-order valence-electron chi connectivity index (χ3n) is 2.74. The molecule has 0 atom stereocenters. The molecule has 7 nitrogen and oxygen atoms in total. The first-order valence-electron chi connectivity index (χ1n) is 6.59. The Hall–Kier alpha value is -2.67. The Labute approximate surface area is 139 Å². The van der Waals surface area contributed by atoms with Crippen LogP contribution in [-0.4, -0.2) is 35.7 Å². The van der Waals surface area contributed by atoms with Gasteiger partial charge in [-0.15, -0.1) is 12.4 Å². The molecule has 0 aliphatic carbocycles. The lowest BCUT2D eigenvalue weighted by molar-refractivity contribution is -0.140. The molecule has 0 unspecified atom stereocenters. The smallest absolute Gasteiger partial charge is 0.422 e. The van der Waals surface area contributed by atoms with Crippen LogP contribution in [0.15, 0.2) is 48.8 Å². The standard InChI is InChI=1S/C15H15N3O4.ClH/c1-21-14(19)8-11-18(12-6-2-4-9-16-12)15(20)22-13-7-3-5-10-17-13;/h2-7,9-10H,8,11H2,1H3;1H. The molecule has 0 saturated carbocycles. The summed E-state index contributed by atoms with van der Waals surface area (Å²) >= 11 is 0. The summed E-state index contributed by atoms with van der Waals surface area (Å²) in [6, 6.07) is 10.1. The van der Waals surface area contributed by atoms with E-state index in [-0.39, 0.29) is 31.3 Å². The highest BCUT2D eigenvalue weighted by Crippen LogP contribution is 2.14. The molecule has 0 bridgehead atoms. The second-order valence-electron chi connectivity index (χ2n) is 4.20. The van der Waals surface area contributed by atoms with Crippen molar-refractivity contribution in [2.45, 2.75) is 6.42 Å². The van der Waals surface area contributed by atoms with Crippen LogP contribution in [0.3, 0.4) is 0 Å². The number of carbonyl (C=O) groups excluding carboxylic acids is 2. The normalized spacial score (nSPS) is 9.43. The van der Waals surface area contributed by atoms with Gasteiger partial charge in [0.2, 0.25) is 5.88 Å². The number of halogens is 1. The van der Waals surface area contributed by atoms with Crippen LogP contribution in [-0.2, 0) is 9.53 Å². The molecule has 8 heteroatoms. The van der Waals surface area contributed by atoms with Gasteiger partial charge in [0.05, 0.1) is 13.5 Å². The van der Waals surface area contributed by atoms with Crippen molar-refractivity contribution in [3.63, 3.8) is 0 Å². The minimum absolute atomic E-state index is 0. The van der Waals surface area contributed by atoms with Crippen LogP contribution in [0, 0.1) is 0 Å². The second kappa shape index (κ2) is 9.37. The van der Waals surface area contributed by atoms with E-state index >= 15 is 0 Å². The zero-order valence-corrected chi connectivity index (χ0v) is 13.2. The average molecular weight is 338 g/mol. The maximum Gasteiger partial charge on any atom is 0.422 e. The Morgan fingerprint density at radius 2 is 1.78 bits per heavy atom. The maximum atomic E-state index is 12.3. The summed E-state index contributed by atoms with van der Waals surface area (Å²) in [7, 11) is 1.29. The number of amides is 1. The third-order valence-corrected chi connectivity index (χ3v) is 2.74. The zero-order chi connectivity index (χ0) is 15.8. The van der Waals surface area contributed by atoms with Crippen molar-refractivity contribution in [2.75, 3.05) is 18.6 Å². The summed E-state index contributed by atoms with van der Waals surface area (Å²) in [6.07, 6.45) is 2.43. The van der Waals surface area contributed by atoms with Crippen molar-refractivity contribution < 1.29 is 19.1 Å². The van der Waals surface area contributed by atoms with Crippen molar-refractivity contribution in [1.29, 1.82) is 0 Å². The molecule has 0 aliphatic rings. The number of anilines is 1. The molecule has 0 aliphatic heterocycles. The van der Waals surface area contributed by atoms with E-state index in [1.165, 1.54) is 18.2 Å². The first kappa shape index (κ1) is 18.4. The van der Waals surface area contributed by atoms with Gasteiger partial charge in [-0.2, -0.15) is 0 Å². The van der Waals surface area contributed by atoms with E-state index in [2.05, 4.69) is 14.7 Å². The maximum absolute atomic E-state index is 12.3. The number of hydrogen-bond acceptors (Lipinski definition) is 6. The Bertz CT molecular complexity index is 625. The van der Waals surface area contributed by atoms with Gasteiger partial charge in [0.15, 0.2) is 0 Å². The number of hydrogen-bond donors (Lipinski definition) is 0. The molecule has 122 valence electrons. The number of ether oxygens (including phenoxy) is 2. The predicted molar refractivity (Wildman–Crippen MR) is 85.7 cm³/mol. The van der Waals surface area contributed by atoms with Gasteiger partial charge in [-0.3, -0.25) is 9.69 Å². The summed E-state index contributed by atoms with van der Waals surface area (Å²) in [6.45, 7) is 0.0926. The molecule has 23 heavy (non-hydrogen) atoms. The summed E-state index contributed by atoms with van der Waals surface area (Å²) in [5.74, 6) is 0.130. The quantitative estimate of drug-likeness (QED) is 0.779. The van der Waals surface area contributed by atoms with Gasteiger partial charge >= 0.3 is 12.1 Å². The SMILES string of the molecule is COC(=O)CCN(C(=O)Oc1ccccn1)c1ccccn1.Cl. The van der Waals surface area contributed by atoms with Gasteiger partial charge in [0.1, 0.15) is 5.82 Å². The largest absolute Gasteiger partial charge is 0.469 e. The Morgan fingerprint density at radius 3 is 2.35 bits per heavy atom. The molecule has 0 radical (unpaired) electrons. The molecule has 2 rings (SSSR count). The Kier molecular flexibility index (Phi) is 7.49. The number of pyridine rings is 2. The fourth-order valence-electron chi connectivity index (χ4n) is 1.67. The van der Waals surface area contributed by atoms with Gasteiger partial charge in [-0.1, -0.05) is 12.1 Å². The second-order valence-corrected chi connectivity index (χ2v) is 4.20. The number of nitrogens with zero attached hydrogens (tertiary/aromatic N) is 3. The summed E-state index contributed by atoms with van der Waals surface area (Å²) in [5, 5.41) is 0. The van der Waals surface area contributed by atoms with E-state index in [4.69, 9.17) is 4.74 Å². The third kappa shape index (κ3) is 5.55. The van der Waals surface area contributed by atoms with Crippen molar-refractivity contribution in [1.82, 2.24) is 9.97 Å². The van der Waals surface area contributed by atoms with Gasteiger partial charge in [0, 0.05) is 25.0 Å². The highest BCUT2D eigenvalue weighted by atomic mass is 35.5. The average Bonchev–Trinajstić information content (AvgIpc) is 2.56. The molecule has 2 aromatic rings. The predicted octanol–water partition coefficient (Wildman–Crippen LogP) is 2.47. The molecular weight excluding hydrogens is 322 g/mol. The highest BCUT2D eigenvalue weighted by molar-refractivity contribution is 5.88. The lowest BCUT2D eigenvalue weighted by atomic mass is 10.3. The van der Waals surface area contributed by atoms with Gasteiger partial charge < -0.3 is 9.47 Å². The van der Waals surface area contributed by atoms with E-state index in [1.54, 1.807) is 42.6 Å². The van der Waals surface area contributed by atoms with Crippen LogP contribution in [0.25, 0.3) is 0 Å². The molecule has 2 aromatic heterocycles. The van der Waals surface area contributed by atoms with E-state index in [0.717, 1.165) is 0 Å². The Morgan fingerprint density at radius 1 is 1.09 bits per heavy atom. The lowest BCUT2D eigenvalue weighted by Crippen LogP contribution is -2.36. The molecule has 0 saturated heterocycles. The molecular formula is C15H16ClN3O4. The number of aromatic nitrogens is 2. The fourth-order valence-corrected chi connectivity index (χ4v) is 1.67. The summed E-state index contributed by atoms with van der Waals surface area (Å²) in [4.78, 5) is 32.9. The first-order valence-corrected chi connectivity index (χ1v) is 6.59. The number of esters is 1. The molecule has 0 spiro atoms. The minimum atomic E-state index is -0.665. The molecule has 0 fully saturated rings. The number of methoxy groups -OCH3 is 1. The fraction of sp³-hybridized carbons (Fsp3) is 0.200. The minimum Gasteiger partial charge on any atom is -0.469 e. The monoisotopic (exact) mass is 337 g/mol. The molecule has 1 amide bonds. The van der Waals surface area contributed by atoms with Crippen LogP contribution in [0.4, 0.5) is 10.6 Å². The van der Waals surface area contributed by atoms with Crippen LogP contribution >= 0.6 is 12.4 Å². The Balaban J connectivity index is 0.00000264. The van der Waals surface area contributed by atoms with Crippen LogP contribution in [0.2, 0.25) is 0 Å². The zero-order valence-electron chi connectivity index (χ0n) is 12.4. The summed E-state index contributed by atoms with van der Waals surface area (Å²) in [5.41, 5.74) is 0. The number of carbonyl (C=O) groups is 2. The van der Waals surface area contributed by atoms with Crippen molar-refractivity contribution in [3.05, 3.63) is 48.8 Å². The molecule has 0 aromatic carbocycles. The molecule has 0 N–H and O–H groups in total. The van der Waals surface area contributed by atoms with E-state index < -0.39 is 12.1 Å². The first-order chi connectivity index (χ1) is 10.7. The van der Waals surface area contributed by atoms with Crippen molar-refractivity contribution >= 4 is 30.3 Å². The topological polar surface area (TPSA) is 81.6 Å². The van der Waals surface area contributed by atoms with Crippen molar-refractivity contribution in [3.8, 4) is 5.88 Å². The van der Waals surface area contributed by atoms with Crippen LogP contribution in [0.1, 0.15) is 6.42 Å². The lowest BCUT2D eigenvalue weighted by Gasteiger charge is -2.20. The highest BCUT2D eigenvalue weighted by Gasteiger charge is 2.20. The van der Waals surface area contributed by atoms with Crippen LogP contribution in [0.5, 0.6) is 5.88 Å². The summed E-state index contributed by atoms with van der Waals surface area (Å²) < 4.78 is 9.76. The number of rotatable bonds is 5. The van der Waals surface area contributed by atoms with Crippen LogP contribution < -0.4 is 9.64 Å². The van der Waals surface area contributed by atoms with E-state index in [0.29, 0.717) is 5.82 Å². The van der Waals surface area contributed by atoms with Crippen molar-refractivity contribution in [2.24, 2.45) is 0 Å². The molecule has 2 heterocycles. The van der Waals surface area contributed by atoms with E-state index in [9.17, 15) is 9.59 Å². The van der Waals surface area contributed by atoms with Gasteiger partial charge in [-0.25, -0.2) is 14.8 Å². The van der Waals surface area contributed by atoms with Gasteiger partial charge in [-0.05, 0) is 18.2 Å².